The molecular formula is C38H24N2S2. The molecule has 2 aromatic heterocycles. The van der Waals surface area contributed by atoms with E-state index in [2.05, 4.69) is 142 Å². The van der Waals surface area contributed by atoms with Gasteiger partial charge in [-0.05, 0) is 54.9 Å². The van der Waals surface area contributed by atoms with Crippen molar-refractivity contribution in [3.63, 3.8) is 0 Å². The highest BCUT2D eigenvalue weighted by molar-refractivity contribution is 7.08. The summed E-state index contributed by atoms with van der Waals surface area (Å²) in [5, 5.41) is 9.19. The van der Waals surface area contributed by atoms with Gasteiger partial charge in [-0.1, -0.05) is 121 Å². The molecule has 0 unspecified atom stereocenters. The summed E-state index contributed by atoms with van der Waals surface area (Å²) in [6, 6.07) is 44.2. The van der Waals surface area contributed by atoms with Gasteiger partial charge in [0.05, 0.1) is 22.4 Å². The number of hydrogen-bond acceptors (Lipinski definition) is 4. The molecule has 8 rings (SSSR count). The summed E-state index contributed by atoms with van der Waals surface area (Å²) in [6.07, 6.45) is 0. The average molecular weight is 573 g/mol. The van der Waals surface area contributed by atoms with Crippen LogP contribution in [-0.4, -0.2) is 9.97 Å². The lowest BCUT2D eigenvalue weighted by atomic mass is 9.88. The first-order chi connectivity index (χ1) is 20.8. The Morgan fingerprint density at radius 1 is 0.333 bits per heavy atom. The highest BCUT2D eigenvalue weighted by Crippen LogP contribution is 2.41. The molecule has 0 atom stereocenters. The molecule has 42 heavy (non-hydrogen) atoms. The Balaban J connectivity index is 1.23. The van der Waals surface area contributed by atoms with Crippen molar-refractivity contribution < 1.29 is 0 Å². The van der Waals surface area contributed by atoms with Crippen molar-refractivity contribution in [3.05, 3.63) is 143 Å². The van der Waals surface area contributed by atoms with Crippen LogP contribution in [0.2, 0.25) is 0 Å². The zero-order valence-electron chi connectivity index (χ0n) is 22.6. The number of benzene rings is 6. The van der Waals surface area contributed by atoms with E-state index in [0.717, 1.165) is 22.5 Å². The molecule has 0 bridgehead atoms. The molecule has 0 radical (unpaired) electrons. The lowest BCUT2D eigenvalue weighted by Crippen LogP contribution is -1.89. The Bertz CT molecular complexity index is 2000. The Morgan fingerprint density at radius 3 is 1.02 bits per heavy atom. The molecular weight excluding hydrogens is 549 g/mol. The minimum atomic E-state index is 1.03. The van der Waals surface area contributed by atoms with E-state index < -0.39 is 0 Å². The molecule has 0 aliphatic heterocycles. The van der Waals surface area contributed by atoms with Gasteiger partial charge in [-0.2, -0.15) is 0 Å². The zero-order valence-corrected chi connectivity index (χ0v) is 24.2. The summed E-state index contributed by atoms with van der Waals surface area (Å²) >= 11 is 3.25. The molecule has 8 aromatic rings. The van der Waals surface area contributed by atoms with Crippen molar-refractivity contribution in [1.82, 2.24) is 9.97 Å². The van der Waals surface area contributed by atoms with Gasteiger partial charge in [0, 0.05) is 21.9 Å². The molecule has 0 saturated carbocycles. The number of fused-ring (bicyclic) bond motifs is 2. The minimum absolute atomic E-state index is 1.03. The third-order valence-corrected chi connectivity index (χ3v) is 9.16. The summed E-state index contributed by atoms with van der Waals surface area (Å²) in [7, 11) is 0. The molecule has 0 spiro atoms. The van der Waals surface area contributed by atoms with Crippen molar-refractivity contribution in [2.24, 2.45) is 0 Å². The van der Waals surface area contributed by atoms with Gasteiger partial charge in [-0.3, -0.25) is 0 Å². The smallest absolute Gasteiger partial charge is 0.0811 e. The lowest BCUT2D eigenvalue weighted by Gasteiger charge is -2.16. The second-order valence-corrected chi connectivity index (χ2v) is 11.8. The third kappa shape index (κ3) is 4.33. The number of hydrogen-bond donors (Lipinski definition) is 0. The van der Waals surface area contributed by atoms with E-state index in [4.69, 9.17) is 0 Å². The lowest BCUT2D eigenvalue weighted by molar-refractivity contribution is 1.41. The first-order valence-electron chi connectivity index (χ1n) is 13.9. The maximum Gasteiger partial charge on any atom is 0.0811 e. The summed E-state index contributed by atoms with van der Waals surface area (Å²) in [6.45, 7) is 0. The molecule has 0 saturated heterocycles. The van der Waals surface area contributed by atoms with Gasteiger partial charge in [0.2, 0.25) is 0 Å². The van der Waals surface area contributed by atoms with Crippen molar-refractivity contribution in [2.75, 3.05) is 0 Å². The first kappa shape index (κ1) is 24.9. The van der Waals surface area contributed by atoms with Crippen LogP contribution in [0.15, 0.2) is 143 Å². The van der Waals surface area contributed by atoms with Gasteiger partial charge in [0.25, 0.3) is 0 Å². The number of aromatic nitrogens is 2. The van der Waals surface area contributed by atoms with Crippen LogP contribution in [0.4, 0.5) is 0 Å². The predicted octanol–water partition coefficient (Wildman–Crippen LogP) is 11.2. The fraction of sp³-hybridized carbons (Fsp3) is 0. The van der Waals surface area contributed by atoms with Crippen LogP contribution in [0.5, 0.6) is 0 Å². The first-order valence-corrected chi connectivity index (χ1v) is 15.7. The normalized spacial score (nSPS) is 11.3. The highest BCUT2D eigenvalue weighted by atomic mass is 32.1. The topological polar surface area (TPSA) is 25.8 Å². The van der Waals surface area contributed by atoms with Crippen LogP contribution in [-0.2, 0) is 0 Å². The predicted molar refractivity (Wildman–Crippen MR) is 180 cm³/mol. The van der Waals surface area contributed by atoms with Crippen LogP contribution < -0.4 is 0 Å². The Hall–Kier alpha value is -4.90. The summed E-state index contributed by atoms with van der Waals surface area (Å²) in [4.78, 5) is 8.93. The quantitative estimate of drug-likeness (QED) is 0.205. The number of thiazole rings is 2. The van der Waals surface area contributed by atoms with Gasteiger partial charge >= 0.3 is 0 Å². The molecule has 0 aliphatic carbocycles. The summed E-state index contributed by atoms with van der Waals surface area (Å²) < 4.78 is 0. The second kappa shape index (κ2) is 10.5. The SMILES string of the molecule is c1ccc2c(-c3ccc(-c4ccc(-c5cscn5)cc4)c4ccccc34)ccc(-c3ccc(-c4cscn4)cc3)c2c1. The van der Waals surface area contributed by atoms with Crippen LogP contribution in [0.1, 0.15) is 0 Å². The number of nitrogens with zero attached hydrogens (tertiary/aromatic N) is 2. The van der Waals surface area contributed by atoms with Gasteiger partial charge in [-0.25, -0.2) is 9.97 Å². The van der Waals surface area contributed by atoms with E-state index in [1.807, 2.05) is 11.0 Å². The zero-order chi connectivity index (χ0) is 27.9. The molecule has 2 heterocycles. The van der Waals surface area contributed by atoms with Crippen LogP contribution in [0, 0.1) is 0 Å². The van der Waals surface area contributed by atoms with Crippen molar-refractivity contribution in [3.8, 4) is 55.9 Å². The molecule has 0 aliphatic rings. The summed E-state index contributed by atoms with van der Waals surface area (Å²) in [5.41, 5.74) is 15.5. The molecule has 4 heteroatoms. The van der Waals surface area contributed by atoms with E-state index in [1.54, 1.807) is 22.7 Å². The Kier molecular flexibility index (Phi) is 6.21. The van der Waals surface area contributed by atoms with Crippen LogP contribution >= 0.6 is 22.7 Å². The van der Waals surface area contributed by atoms with Gasteiger partial charge in [0.1, 0.15) is 0 Å². The van der Waals surface area contributed by atoms with Crippen molar-refractivity contribution in [1.29, 1.82) is 0 Å². The molecule has 2 nitrogen and oxygen atoms in total. The van der Waals surface area contributed by atoms with Crippen LogP contribution in [0.25, 0.3) is 77.4 Å². The third-order valence-electron chi connectivity index (χ3n) is 7.99. The maximum atomic E-state index is 4.46. The molecule has 0 amide bonds. The minimum Gasteiger partial charge on any atom is -0.245 e. The van der Waals surface area contributed by atoms with E-state index in [1.165, 1.54) is 54.9 Å². The van der Waals surface area contributed by atoms with Gasteiger partial charge in [0.15, 0.2) is 0 Å². The van der Waals surface area contributed by atoms with Crippen molar-refractivity contribution >= 4 is 44.2 Å². The fourth-order valence-electron chi connectivity index (χ4n) is 5.92. The van der Waals surface area contributed by atoms with E-state index in [9.17, 15) is 0 Å². The highest BCUT2D eigenvalue weighted by Gasteiger charge is 2.14. The monoisotopic (exact) mass is 572 g/mol. The van der Waals surface area contributed by atoms with E-state index >= 15 is 0 Å². The summed E-state index contributed by atoms with van der Waals surface area (Å²) in [5.74, 6) is 0. The van der Waals surface area contributed by atoms with Gasteiger partial charge < -0.3 is 0 Å². The standard InChI is InChI=1S/C38H24N2S2/c1-3-7-33-31(5-1)29(25-9-13-27(14-10-25)37-21-41-23-39-37)17-19-35(33)36-20-18-30(32-6-2-4-8-34(32)36)26-11-15-28(16-12-26)38-22-42-24-40-38/h1-24H. The van der Waals surface area contributed by atoms with Gasteiger partial charge in [-0.15, -0.1) is 22.7 Å². The number of rotatable bonds is 5. The van der Waals surface area contributed by atoms with Crippen molar-refractivity contribution in [2.45, 2.75) is 0 Å². The fourth-order valence-corrected chi connectivity index (χ4v) is 7.04. The largest absolute Gasteiger partial charge is 0.245 e. The van der Waals surface area contributed by atoms with Crippen LogP contribution in [0.3, 0.4) is 0 Å². The van der Waals surface area contributed by atoms with E-state index in [-0.39, 0.29) is 0 Å². The maximum absolute atomic E-state index is 4.46. The molecule has 198 valence electrons. The molecule has 0 N–H and O–H groups in total. The average Bonchev–Trinajstić information content (AvgIpc) is 3.80. The molecule has 0 fully saturated rings. The van der Waals surface area contributed by atoms with E-state index in [0.29, 0.717) is 0 Å². The Morgan fingerprint density at radius 2 is 0.667 bits per heavy atom. The second-order valence-electron chi connectivity index (χ2n) is 10.3. The Labute approximate surface area is 252 Å². The molecule has 6 aromatic carbocycles.